The van der Waals surface area contributed by atoms with Gasteiger partial charge in [-0.1, -0.05) is 54.6 Å². The maximum Gasteiger partial charge on any atom is 0.193 e. The van der Waals surface area contributed by atoms with Crippen LogP contribution in [0.3, 0.4) is 0 Å². The maximum absolute atomic E-state index is 12.3. The Labute approximate surface area is 137 Å². The summed E-state index contributed by atoms with van der Waals surface area (Å²) in [7, 11) is 4.42. The van der Waals surface area contributed by atoms with Crippen molar-refractivity contribution >= 4 is 5.78 Å². The number of hydrogen-bond donors (Lipinski definition) is 0. The van der Waals surface area contributed by atoms with Crippen molar-refractivity contribution < 1.29 is 26.3 Å². The van der Waals surface area contributed by atoms with Gasteiger partial charge in [0.25, 0.3) is 0 Å². The molecule has 21 heavy (non-hydrogen) atoms. The van der Waals surface area contributed by atoms with Gasteiger partial charge in [-0.05, 0) is 6.92 Å². The lowest BCUT2D eigenvalue weighted by Gasteiger charge is -2.28. The summed E-state index contributed by atoms with van der Waals surface area (Å²) in [5.74, 6) is 0.0846. The van der Waals surface area contributed by atoms with Gasteiger partial charge in [0.2, 0.25) is 0 Å². The van der Waals surface area contributed by atoms with E-state index in [0.29, 0.717) is 0 Å². The number of quaternary nitrogens is 1. The molecule has 0 aromatic heterocycles. The molecule has 2 aromatic rings. The van der Waals surface area contributed by atoms with Crippen LogP contribution in [0.5, 0.6) is 0 Å². The molecule has 0 aliphatic carbocycles. The van der Waals surface area contributed by atoms with Crippen LogP contribution in [0.1, 0.15) is 28.4 Å². The van der Waals surface area contributed by atoms with Crippen LogP contribution in [0.2, 0.25) is 0 Å². The van der Waals surface area contributed by atoms with Gasteiger partial charge in [0.05, 0.1) is 20.6 Å². The van der Waals surface area contributed by atoms with E-state index in [1.54, 1.807) is 0 Å². The summed E-state index contributed by atoms with van der Waals surface area (Å²) in [6.45, 7) is 4.26. The zero-order chi connectivity index (χ0) is 14.6. The van der Waals surface area contributed by atoms with Crippen molar-refractivity contribution in [1.82, 2.24) is 0 Å². The van der Waals surface area contributed by atoms with Crippen molar-refractivity contribution in [1.29, 1.82) is 0 Å². The SMILES string of the molecule is CC[N+](C)(C)Cc1ccc(C(=O)c2ccccc2)cc1.[Br-]. The Balaban J connectivity index is 0.00000220. The summed E-state index contributed by atoms with van der Waals surface area (Å²) < 4.78 is 0.950. The largest absolute Gasteiger partial charge is 1.00 e. The van der Waals surface area contributed by atoms with Crippen LogP contribution >= 0.6 is 0 Å². The van der Waals surface area contributed by atoms with Crippen molar-refractivity contribution in [2.45, 2.75) is 13.5 Å². The molecule has 0 radical (unpaired) electrons. The molecule has 3 heteroatoms. The van der Waals surface area contributed by atoms with Gasteiger partial charge in [0.1, 0.15) is 6.54 Å². The Morgan fingerprint density at radius 2 is 1.43 bits per heavy atom. The first kappa shape index (κ1) is 17.6. The van der Waals surface area contributed by atoms with Gasteiger partial charge in [-0.3, -0.25) is 4.79 Å². The molecular weight excluding hydrogens is 326 g/mol. The zero-order valence-electron chi connectivity index (χ0n) is 12.8. The third-order valence-electron chi connectivity index (χ3n) is 3.72. The number of benzene rings is 2. The van der Waals surface area contributed by atoms with Gasteiger partial charge < -0.3 is 21.5 Å². The Bertz CT molecular complexity index is 576. The summed E-state index contributed by atoms with van der Waals surface area (Å²) in [5, 5.41) is 0. The van der Waals surface area contributed by atoms with Crippen LogP contribution in [0.15, 0.2) is 54.6 Å². The Hall–Kier alpha value is -1.45. The van der Waals surface area contributed by atoms with E-state index in [0.717, 1.165) is 28.7 Å². The number of halogens is 1. The van der Waals surface area contributed by atoms with E-state index in [9.17, 15) is 4.79 Å². The summed E-state index contributed by atoms with van der Waals surface area (Å²) >= 11 is 0. The minimum Gasteiger partial charge on any atom is -1.00 e. The average molecular weight is 348 g/mol. The predicted molar refractivity (Wildman–Crippen MR) is 82.7 cm³/mol. The van der Waals surface area contributed by atoms with E-state index in [1.807, 2.05) is 42.5 Å². The predicted octanol–water partition coefficient (Wildman–Crippen LogP) is 0.518. The first-order valence-electron chi connectivity index (χ1n) is 7.02. The Kier molecular flexibility index (Phi) is 6.31. The van der Waals surface area contributed by atoms with Crippen LogP contribution < -0.4 is 17.0 Å². The summed E-state index contributed by atoms with van der Waals surface area (Å²) in [4.78, 5) is 12.3. The molecular formula is C18H22BrNO. The highest BCUT2D eigenvalue weighted by molar-refractivity contribution is 6.08. The molecule has 0 fully saturated rings. The van der Waals surface area contributed by atoms with Gasteiger partial charge in [0.15, 0.2) is 5.78 Å². The molecule has 0 bridgehead atoms. The second-order valence-corrected chi connectivity index (χ2v) is 5.80. The molecule has 112 valence electrons. The van der Waals surface area contributed by atoms with Gasteiger partial charge in [-0.2, -0.15) is 0 Å². The number of hydrogen-bond acceptors (Lipinski definition) is 1. The minimum absolute atomic E-state index is 0. The number of ketones is 1. The third-order valence-corrected chi connectivity index (χ3v) is 3.72. The molecule has 0 amide bonds. The molecule has 0 aliphatic rings. The third kappa shape index (κ3) is 4.80. The van der Waals surface area contributed by atoms with Crippen molar-refractivity contribution in [2.24, 2.45) is 0 Å². The van der Waals surface area contributed by atoms with E-state index in [4.69, 9.17) is 0 Å². The number of rotatable bonds is 5. The summed E-state index contributed by atoms with van der Waals surface area (Å²) in [5.41, 5.74) is 2.76. The Morgan fingerprint density at radius 3 is 1.95 bits per heavy atom. The molecule has 2 rings (SSSR count). The van der Waals surface area contributed by atoms with Crippen LogP contribution in [0, 0.1) is 0 Å². The van der Waals surface area contributed by atoms with Crippen molar-refractivity contribution in [2.75, 3.05) is 20.6 Å². The maximum atomic E-state index is 12.3. The minimum atomic E-state index is 0. The molecule has 0 saturated heterocycles. The normalized spacial score (nSPS) is 10.8. The molecule has 0 spiro atoms. The smallest absolute Gasteiger partial charge is 0.193 e. The van der Waals surface area contributed by atoms with E-state index >= 15 is 0 Å². The monoisotopic (exact) mass is 347 g/mol. The van der Waals surface area contributed by atoms with Gasteiger partial charge in [0, 0.05) is 16.7 Å². The quantitative estimate of drug-likeness (QED) is 0.569. The van der Waals surface area contributed by atoms with Crippen LogP contribution in [-0.4, -0.2) is 30.9 Å². The highest BCUT2D eigenvalue weighted by Gasteiger charge is 2.13. The van der Waals surface area contributed by atoms with Gasteiger partial charge in [-0.25, -0.2) is 0 Å². The molecule has 0 saturated carbocycles. The summed E-state index contributed by atoms with van der Waals surface area (Å²) in [6, 6.07) is 17.4. The highest BCUT2D eigenvalue weighted by Crippen LogP contribution is 2.13. The molecule has 0 heterocycles. The number of carbonyl (C=O) groups is 1. The lowest BCUT2D eigenvalue weighted by atomic mass is 10.0. The van der Waals surface area contributed by atoms with E-state index in [1.165, 1.54) is 5.56 Å². The van der Waals surface area contributed by atoms with E-state index in [-0.39, 0.29) is 22.8 Å². The fourth-order valence-corrected chi connectivity index (χ4v) is 2.12. The average Bonchev–Trinajstić information content (AvgIpc) is 2.48. The van der Waals surface area contributed by atoms with Gasteiger partial charge in [-0.15, -0.1) is 0 Å². The second-order valence-electron chi connectivity index (χ2n) is 5.80. The van der Waals surface area contributed by atoms with Crippen molar-refractivity contribution in [3.8, 4) is 0 Å². The first-order chi connectivity index (χ1) is 9.52. The van der Waals surface area contributed by atoms with E-state index < -0.39 is 0 Å². The molecule has 0 N–H and O–H groups in total. The molecule has 0 unspecified atom stereocenters. The Morgan fingerprint density at radius 1 is 0.905 bits per heavy atom. The highest BCUT2D eigenvalue weighted by atomic mass is 79.9. The fourth-order valence-electron chi connectivity index (χ4n) is 2.12. The standard InChI is InChI=1S/C18H22NO.BrH/c1-4-19(2,3)14-15-10-12-17(13-11-15)18(20)16-8-6-5-7-9-16;/h5-13H,4,14H2,1-3H3;1H/q+1;/p-1. The van der Waals surface area contributed by atoms with Gasteiger partial charge >= 0.3 is 0 Å². The van der Waals surface area contributed by atoms with Crippen LogP contribution in [-0.2, 0) is 6.54 Å². The molecule has 0 atom stereocenters. The van der Waals surface area contributed by atoms with E-state index in [2.05, 4.69) is 33.2 Å². The lowest BCUT2D eigenvalue weighted by Crippen LogP contribution is -3.00. The zero-order valence-corrected chi connectivity index (χ0v) is 14.4. The fraction of sp³-hybridized carbons (Fsp3) is 0.278. The number of carbonyl (C=O) groups excluding carboxylic acids is 1. The first-order valence-corrected chi connectivity index (χ1v) is 7.02. The molecule has 2 nitrogen and oxygen atoms in total. The van der Waals surface area contributed by atoms with Crippen LogP contribution in [0.4, 0.5) is 0 Å². The molecule has 0 aliphatic heterocycles. The van der Waals surface area contributed by atoms with Crippen molar-refractivity contribution in [3.63, 3.8) is 0 Å². The molecule has 2 aromatic carbocycles. The second kappa shape index (κ2) is 7.53. The number of nitrogens with zero attached hydrogens (tertiary/aromatic N) is 1. The topological polar surface area (TPSA) is 17.1 Å². The van der Waals surface area contributed by atoms with Crippen molar-refractivity contribution in [3.05, 3.63) is 71.3 Å². The lowest BCUT2D eigenvalue weighted by molar-refractivity contribution is -0.901. The van der Waals surface area contributed by atoms with Crippen LogP contribution in [0.25, 0.3) is 0 Å². The summed E-state index contributed by atoms with van der Waals surface area (Å²) in [6.07, 6.45) is 0.